The molecule has 1 atom stereocenters. The number of rotatable bonds is 6. The van der Waals surface area contributed by atoms with Gasteiger partial charge < -0.3 is 5.73 Å². The molecule has 2 nitrogen and oxygen atoms in total. The van der Waals surface area contributed by atoms with Crippen molar-refractivity contribution in [1.29, 1.82) is 5.41 Å². The molecule has 0 spiro atoms. The molecule has 0 heterocycles. The number of nitrogens with two attached hydrogens (primary N) is 1. The number of unbranched alkanes of at least 4 members (excludes halogenated alkanes) is 1. The number of hydrogen-bond donors (Lipinski definition) is 2. The van der Waals surface area contributed by atoms with Crippen LogP contribution < -0.4 is 5.73 Å². The Morgan fingerprint density at radius 1 is 1.55 bits per heavy atom. The number of nitrogens with one attached hydrogen (secondary N) is 1. The molecular weight excluding hydrogens is 156 g/mol. The summed E-state index contributed by atoms with van der Waals surface area (Å²) in [6.45, 7) is 4.25. The number of amidine groups is 1. The van der Waals surface area contributed by atoms with Crippen molar-refractivity contribution in [2.75, 3.05) is 5.75 Å². The first-order chi connectivity index (χ1) is 5.22. The van der Waals surface area contributed by atoms with Crippen molar-refractivity contribution in [3.63, 3.8) is 0 Å². The molecule has 0 radical (unpaired) electrons. The summed E-state index contributed by atoms with van der Waals surface area (Å²) in [5, 5.41) is 7.50. The second kappa shape index (κ2) is 6.53. The molecule has 0 amide bonds. The van der Waals surface area contributed by atoms with Crippen LogP contribution in [0.2, 0.25) is 0 Å². The Morgan fingerprint density at radius 3 is 2.55 bits per heavy atom. The molecule has 66 valence electrons. The molecule has 0 aliphatic heterocycles. The van der Waals surface area contributed by atoms with E-state index in [-0.39, 0.29) is 5.25 Å². The molecule has 0 aliphatic carbocycles. The maximum absolute atomic E-state index is 7.24. The van der Waals surface area contributed by atoms with E-state index in [0.717, 1.165) is 12.2 Å². The molecule has 1 unspecified atom stereocenters. The third-order valence-electron chi connectivity index (χ3n) is 1.53. The summed E-state index contributed by atoms with van der Waals surface area (Å²) in [5.74, 6) is 1.46. The third kappa shape index (κ3) is 5.13. The van der Waals surface area contributed by atoms with Gasteiger partial charge in [-0.1, -0.05) is 20.3 Å². The van der Waals surface area contributed by atoms with Gasteiger partial charge in [0.15, 0.2) is 0 Å². The Bertz CT molecular complexity index is 115. The van der Waals surface area contributed by atoms with E-state index in [2.05, 4.69) is 13.8 Å². The van der Waals surface area contributed by atoms with Gasteiger partial charge in [-0.25, -0.2) is 0 Å². The van der Waals surface area contributed by atoms with Crippen molar-refractivity contribution < 1.29 is 0 Å². The first-order valence-corrected chi connectivity index (χ1v) is 5.22. The second-order valence-electron chi connectivity index (χ2n) is 2.58. The van der Waals surface area contributed by atoms with Crippen LogP contribution in [0.5, 0.6) is 0 Å². The highest BCUT2D eigenvalue weighted by Crippen LogP contribution is 2.15. The molecule has 0 fully saturated rings. The van der Waals surface area contributed by atoms with Gasteiger partial charge in [0.05, 0.1) is 5.25 Å². The summed E-state index contributed by atoms with van der Waals surface area (Å²) in [4.78, 5) is 0. The first kappa shape index (κ1) is 10.8. The second-order valence-corrected chi connectivity index (χ2v) is 3.89. The summed E-state index contributed by atoms with van der Waals surface area (Å²) >= 11 is 1.80. The molecule has 3 heteroatoms. The van der Waals surface area contributed by atoms with Crippen LogP contribution in [-0.2, 0) is 0 Å². The average Bonchev–Trinajstić information content (AvgIpc) is 1.97. The fraction of sp³-hybridized carbons (Fsp3) is 0.875. The Hall–Kier alpha value is -0.180. The van der Waals surface area contributed by atoms with Gasteiger partial charge in [0.25, 0.3) is 0 Å². The van der Waals surface area contributed by atoms with Crippen LogP contribution in [0.4, 0.5) is 0 Å². The van der Waals surface area contributed by atoms with Crippen LogP contribution >= 0.6 is 11.8 Å². The van der Waals surface area contributed by atoms with Gasteiger partial charge in [0.2, 0.25) is 0 Å². The zero-order valence-electron chi connectivity index (χ0n) is 7.39. The summed E-state index contributed by atoms with van der Waals surface area (Å²) in [5.41, 5.74) is 5.39. The van der Waals surface area contributed by atoms with Crippen LogP contribution in [0.25, 0.3) is 0 Å². The van der Waals surface area contributed by atoms with E-state index in [1.54, 1.807) is 11.8 Å². The monoisotopic (exact) mass is 174 g/mol. The highest BCUT2D eigenvalue weighted by Gasteiger charge is 2.08. The fourth-order valence-corrected chi connectivity index (χ4v) is 1.95. The van der Waals surface area contributed by atoms with Crippen molar-refractivity contribution >= 4 is 17.6 Å². The van der Waals surface area contributed by atoms with Crippen LogP contribution in [0.1, 0.15) is 33.1 Å². The molecule has 3 N–H and O–H groups in total. The van der Waals surface area contributed by atoms with Crippen LogP contribution in [0.15, 0.2) is 0 Å². The maximum Gasteiger partial charge on any atom is 0.104 e. The molecule has 0 bridgehead atoms. The minimum Gasteiger partial charge on any atom is -0.387 e. The lowest BCUT2D eigenvalue weighted by molar-refractivity contribution is 0.890. The quantitative estimate of drug-likeness (QED) is 0.368. The lowest BCUT2D eigenvalue weighted by atomic mass is 10.3. The highest BCUT2D eigenvalue weighted by molar-refractivity contribution is 8.00. The Kier molecular flexibility index (Phi) is 6.42. The first-order valence-electron chi connectivity index (χ1n) is 4.17. The van der Waals surface area contributed by atoms with E-state index >= 15 is 0 Å². The summed E-state index contributed by atoms with van der Waals surface area (Å²) in [6, 6.07) is 0. The van der Waals surface area contributed by atoms with Gasteiger partial charge in [-0.15, -0.1) is 0 Å². The van der Waals surface area contributed by atoms with Gasteiger partial charge in [-0.3, -0.25) is 5.41 Å². The third-order valence-corrected chi connectivity index (χ3v) is 3.05. The van der Waals surface area contributed by atoms with Gasteiger partial charge in [-0.05, 0) is 18.6 Å². The van der Waals surface area contributed by atoms with Gasteiger partial charge in [0, 0.05) is 0 Å². The average molecular weight is 174 g/mol. The summed E-state index contributed by atoms with van der Waals surface area (Å²) < 4.78 is 0. The van der Waals surface area contributed by atoms with Crippen molar-refractivity contribution in [1.82, 2.24) is 0 Å². The highest BCUT2D eigenvalue weighted by atomic mass is 32.2. The van der Waals surface area contributed by atoms with E-state index in [1.165, 1.54) is 12.8 Å². The number of thioether (sulfide) groups is 1. The molecule has 0 saturated carbocycles. The molecule has 0 aromatic heterocycles. The normalized spacial score (nSPS) is 12.9. The lowest BCUT2D eigenvalue weighted by Crippen LogP contribution is -2.24. The van der Waals surface area contributed by atoms with Crippen molar-refractivity contribution in [3.05, 3.63) is 0 Å². The topological polar surface area (TPSA) is 49.9 Å². The predicted octanol–water partition coefficient (Wildman–Crippen LogP) is 2.23. The van der Waals surface area contributed by atoms with E-state index in [9.17, 15) is 0 Å². The number of hydrogen-bond acceptors (Lipinski definition) is 2. The largest absolute Gasteiger partial charge is 0.387 e. The molecular formula is C8H18N2S. The Labute approximate surface area is 73.4 Å². The van der Waals surface area contributed by atoms with Crippen LogP contribution in [0.3, 0.4) is 0 Å². The molecule has 11 heavy (non-hydrogen) atoms. The van der Waals surface area contributed by atoms with E-state index in [4.69, 9.17) is 11.1 Å². The minimum atomic E-state index is 0.251. The lowest BCUT2D eigenvalue weighted by Gasteiger charge is -2.11. The smallest absolute Gasteiger partial charge is 0.104 e. The maximum atomic E-state index is 7.24. The van der Waals surface area contributed by atoms with E-state index in [1.807, 2.05) is 0 Å². The zero-order valence-corrected chi connectivity index (χ0v) is 8.21. The minimum absolute atomic E-state index is 0.251. The van der Waals surface area contributed by atoms with Gasteiger partial charge >= 0.3 is 0 Å². The molecule has 0 rings (SSSR count). The molecule has 0 saturated heterocycles. The fourth-order valence-electron chi connectivity index (χ4n) is 0.797. The predicted molar refractivity (Wildman–Crippen MR) is 53.4 cm³/mol. The van der Waals surface area contributed by atoms with Crippen molar-refractivity contribution in [3.8, 4) is 0 Å². The zero-order chi connectivity index (χ0) is 8.69. The van der Waals surface area contributed by atoms with E-state index < -0.39 is 0 Å². The Balaban J connectivity index is 3.44. The summed E-state index contributed by atoms with van der Waals surface area (Å²) in [7, 11) is 0. The molecule has 0 aromatic rings. The van der Waals surface area contributed by atoms with Gasteiger partial charge in [-0.2, -0.15) is 11.8 Å². The SMILES string of the molecule is CCCCSC(CC)C(=N)N. The van der Waals surface area contributed by atoms with Crippen molar-refractivity contribution in [2.45, 2.75) is 38.4 Å². The standard InChI is InChI=1S/C8H18N2S/c1-3-5-6-11-7(4-2)8(9)10/h7H,3-6H2,1-2H3,(H3,9,10). The van der Waals surface area contributed by atoms with Gasteiger partial charge in [0.1, 0.15) is 5.84 Å². The summed E-state index contributed by atoms with van der Waals surface area (Å²) in [6.07, 6.45) is 3.43. The molecule has 0 aliphatic rings. The molecule has 0 aromatic carbocycles. The van der Waals surface area contributed by atoms with E-state index in [0.29, 0.717) is 5.84 Å². The van der Waals surface area contributed by atoms with Crippen LogP contribution in [-0.4, -0.2) is 16.8 Å². The Morgan fingerprint density at radius 2 is 2.18 bits per heavy atom. The van der Waals surface area contributed by atoms with Crippen LogP contribution in [0, 0.1) is 5.41 Å². The van der Waals surface area contributed by atoms with Crippen molar-refractivity contribution in [2.24, 2.45) is 5.73 Å².